The van der Waals surface area contributed by atoms with E-state index >= 15 is 0 Å². The molecule has 2 aliphatic rings. The van der Waals surface area contributed by atoms with Gasteiger partial charge in [0.25, 0.3) is 5.91 Å². The number of likely N-dealkylation sites (tertiary alicyclic amines) is 1. The Labute approximate surface area is 164 Å². The summed E-state index contributed by atoms with van der Waals surface area (Å²) in [6, 6.07) is 8.65. The summed E-state index contributed by atoms with van der Waals surface area (Å²) in [4.78, 5) is 14.6. The van der Waals surface area contributed by atoms with Gasteiger partial charge in [0.2, 0.25) is 0 Å². The van der Waals surface area contributed by atoms with Crippen LogP contribution in [0, 0.1) is 5.92 Å². The molecule has 0 aromatic heterocycles. The number of ether oxygens (including phenoxy) is 1. The molecule has 1 N–H and O–H groups in total. The molecule has 1 heterocycles. The molecule has 0 bridgehead atoms. The van der Waals surface area contributed by atoms with Crippen molar-refractivity contribution in [3.8, 4) is 5.75 Å². The van der Waals surface area contributed by atoms with Gasteiger partial charge in [-0.3, -0.25) is 4.79 Å². The van der Waals surface area contributed by atoms with Crippen LogP contribution in [-0.4, -0.2) is 42.6 Å². The molecule has 1 atom stereocenters. The Bertz CT molecular complexity index is 581. The third kappa shape index (κ3) is 5.88. The monoisotopic (exact) mass is 380 g/mol. The lowest BCUT2D eigenvalue weighted by atomic mass is 10.0. The predicted molar refractivity (Wildman–Crippen MR) is 108 cm³/mol. The Kier molecular flexibility index (Phi) is 7.78. The van der Waals surface area contributed by atoms with Gasteiger partial charge in [-0.1, -0.05) is 26.0 Å². The summed E-state index contributed by atoms with van der Waals surface area (Å²) in [6.07, 6.45) is 4.44. The van der Waals surface area contributed by atoms with Crippen LogP contribution in [-0.2, 0) is 4.79 Å². The van der Waals surface area contributed by atoms with E-state index in [4.69, 9.17) is 4.74 Å². The van der Waals surface area contributed by atoms with Crippen molar-refractivity contribution in [2.45, 2.75) is 64.5 Å². The van der Waals surface area contributed by atoms with Gasteiger partial charge in [0, 0.05) is 19.1 Å². The van der Waals surface area contributed by atoms with Crippen LogP contribution in [0.15, 0.2) is 24.3 Å². The van der Waals surface area contributed by atoms with Gasteiger partial charge in [0.05, 0.1) is 0 Å². The van der Waals surface area contributed by atoms with Gasteiger partial charge < -0.3 is 15.0 Å². The van der Waals surface area contributed by atoms with E-state index in [9.17, 15) is 4.79 Å². The van der Waals surface area contributed by atoms with Gasteiger partial charge in [-0.15, -0.1) is 12.4 Å². The summed E-state index contributed by atoms with van der Waals surface area (Å²) >= 11 is 0. The number of hydrogen-bond acceptors (Lipinski definition) is 3. The van der Waals surface area contributed by atoms with Crippen LogP contribution < -0.4 is 10.1 Å². The molecule has 1 unspecified atom stereocenters. The Morgan fingerprint density at radius 3 is 2.50 bits per heavy atom. The number of carbonyl (C=O) groups is 1. The summed E-state index contributed by atoms with van der Waals surface area (Å²) in [5.41, 5.74) is 1.24. The van der Waals surface area contributed by atoms with Crippen molar-refractivity contribution in [2.24, 2.45) is 5.92 Å². The number of carbonyl (C=O) groups excluding carboxylic acids is 1. The Morgan fingerprint density at radius 2 is 1.88 bits per heavy atom. The van der Waals surface area contributed by atoms with Gasteiger partial charge in [-0.05, 0) is 68.7 Å². The number of nitrogens with one attached hydrogen (secondary N) is 1. The van der Waals surface area contributed by atoms with Gasteiger partial charge in [-0.25, -0.2) is 0 Å². The van der Waals surface area contributed by atoms with Crippen molar-refractivity contribution >= 4 is 18.3 Å². The van der Waals surface area contributed by atoms with Crippen molar-refractivity contribution in [3.63, 3.8) is 0 Å². The molecule has 1 aromatic carbocycles. The van der Waals surface area contributed by atoms with E-state index in [0.29, 0.717) is 12.0 Å². The molecular formula is C21H33ClN2O2. The fourth-order valence-corrected chi connectivity index (χ4v) is 3.42. The zero-order valence-corrected chi connectivity index (χ0v) is 17.1. The van der Waals surface area contributed by atoms with E-state index in [1.165, 1.54) is 18.4 Å². The summed E-state index contributed by atoms with van der Waals surface area (Å²) < 4.78 is 5.93. The number of benzene rings is 1. The molecule has 2 fully saturated rings. The lowest BCUT2D eigenvalue weighted by Gasteiger charge is -2.34. The summed E-state index contributed by atoms with van der Waals surface area (Å²) in [5.74, 6) is 2.26. The Hall–Kier alpha value is -1.26. The van der Waals surface area contributed by atoms with Crippen LogP contribution in [0.4, 0.5) is 0 Å². The van der Waals surface area contributed by atoms with Crippen molar-refractivity contribution in [1.29, 1.82) is 0 Å². The number of piperidine rings is 1. The van der Waals surface area contributed by atoms with Gasteiger partial charge in [-0.2, -0.15) is 0 Å². The highest BCUT2D eigenvalue weighted by Gasteiger charge is 2.28. The third-order valence-electron chi connectivity index (χ3n) is 5.38. The number of rotatable bonds is 7. The molecule has 146 valence electrons. The van der Waals surface area contributed by atoms with Crippen molar-refractivity contribution in [2.75, 3.05) is 19.6 Å². The van der Waals surface area contributed by atoms with Gasteiger partial charge >= 0.3 is 0 Å². The molecule has 1 saturated carbocycles. The van der Waals surface area contributed by atoms with Crippen LogP contribution >= 0.6 is 12.4 Å². The summed E-state index contributed by atoms with van der Waals surface area (Å²) in [6.45, 7) is 9.01. The van der Waals surface area contributed by atoms with Crippen LogP contribution in [0.25, 0.3) is 0 Å². The lowest BCUT2D eigenvalue weighted by molar-refractivity contribution is -0.139. The second-order valence-electron chi connectivity index (χ2n) is 7.94. The fourth-order valence-electron chi connectivity index (χ4n) is 3.42. The second kappa shape index (κ2) is 9.61. The number of nitrogens with zero attached hydrogens (tertiary/aromatic N) is 1. The van der Waals surface area contributed by atoms with Crippen molar-refractivity contribution in [3.05, 3.63) is 29.8 Å². The zero-order chi connectivity index (χ0) is 17.8. The van der Waals surface area contributed by atoms with E-state index in [2.05, 4.69) is 25.2 Å². The quantitative estimate of drug-likeness (QED) is 0.777. The molecule has 26 heavy (non-hydrogen) atoms. The van der Waals surface area contributed by atoms with E-state index in [-0.39, 0.29) is 18.3 Å². The van der Waals surface area contributed by atoms with Crippen LogP contribution in [0.3, 0.4) is 0 Å². The van der Waals surface area contributed by atoms with Crippen molar-refractivity contribution in [1.82, 2.24) is 10.2 Å². The molecule has 1 saturated heterocycles. The van der Waals surface area contributed by atoms with E-state index in [1.54, 1.807) is 0 Å². The highest BCUT2D eigenvalue weighted by atomic mass is 35.5. The minimum atomic E-state index is -0.432. The highest BCUT2D eigenvalue weighted by molar-refractivity contribution is 5.85. The van der Waals surface area contributed by atoms with Gasteiger partial charge in [0.1, 0.15) is 5.75 Å². The molecule has 1 aliphatic heterocycles. The number of halogens is 1. The Balaban J connectivity index is 0.00000243. The maximum Gasteiger partial charge on any atom is 0.263 e. The number of amides is 1. The predicted octanol–water partition coefficient (Wildman–Crippen LogP) is 3.99. The van der Waals surface area contributed by atoms with Gasteiger partial charge in [0.15, 0.2) is 6.10 Å². The highest BCUT2D eigenvalue weighted by Crippen LogP contribution is 2.28. The average Bonchev–Trinajstić information content (AvgIpc) is 3.44. The molecule has 1 amide bonds. The smallest absolute Gasteiger partial charge is 0.263 e. The minimum absolute atomic E-state index is 0. The summed E-state index contributed by atoms with van der Waals surface area (Å²) in [7, 11) is 0. The van der Waals surface area contributed by atoms with E-state index in [1.807, 2.05) is 30.0 Å². The maximum absolute atomic E-state index is 12.7. The third-order valence-corrected chi connectivity index (χ3v) is 5.38. The molecule has 4 nitrogen and oxygen atoms in total. The van der Waals surface area contributed by atoms with Crippen LogP contribution in [0.1, 0.15) is 57.9 Å². The SMILES string of the molecule is CC(Oc1cccc(C(C)C)c1)C(=O)N1CCC(NCC2CC2)CC1.Cl. The first-order chi connectivity index (χ1) is 12.0. The van der Waals surface area contributed by atoms with Crippen molar-refractivity contribution < 1.29 is 9.53 Å². The molecule has 1 aromatic rings. The largest absolute Gasteiger partial charge is 0.481 e. The van der Waals surface area contributed by atoms with E-state index in [0.717, 1.165) is 44.1 Å². The standard InChI is InChI=1S/C21H32N2O2.ClH/c1-15(2)18-5-4-6-20(13-18)25-16(3)21(24)23-11-9-19(10-12-23)22-14-17-7-8-17;/h4-6,13,15-17,19,22H,7-12,14H2,1-3H3;1H. The first-order valence-corrected chi connectivity index (χ1v) is 9.81. The average molecular weight is 381 g/mol. The Morgan fingerprint density at radius 1 is 1.19 bits per heavy atom. The fraction of sp³-hybridized carbons (Fsp3) is 0.667. The first kappa shape index (κ1) is 21.0. The van der Waals surface area contributed by atoms with E-state index < -0.39 is 6.10 Å². The number of hydrogen-bond donors (Lipinski definition) is 1. The van der Waals surface area contributed by atoms with Crippen LogP contribution in [0.2, 0.25) is 0 Å². The topological polar surface area (TPSA) is 41.6 Å². The minimum Gasteiger partial charge on any atom is -0.481 e. The molecular weight excluding hydrogens is 348 g/mol. The van der Waals surface area contributed by atoms with Crippen LogP contribution in [0.5, 0.6) is 5.75 Å². The zero-order valence-electron chi connectivity index (χ0n) is 16.2. The second-order valence-corrected chi connectivity index (χ2v) is 7.94. The summed E-state index contributed by atoms with van der Waals surface area (Å²) in [5, 5.41) is 3.66. The molecule has 0 radical (unpaired) electrons. The maximum atomic E-state index is 12.7. The lowest BCUT2D eigenvalue weighted by Crippen LogP contribution is -2.48. The molecule has 5 heteroatoms. The molecule has 1 aliphatic carbocycles. The normalized spacial score (nSPS) is 19.2. The molecule has 0 spiro atoms. The molecule has 3 rings (SSSR count). The first-order valence-electron chi connectivity index (χ1n) is 9.81.